The van der Waals surface area contributed by atoms with E-state index in [4.69, 9.17) is 5.11 Å². The molecule has 2 heterocycles. The summed E-state index contributed by atoms with van der Waals surface area (Å²) >= 11 is 0. The third kappa shape index (κ3) is 2.63. The van der Waals surface area contributed by atoms with E-state index in [0.29, 0.717) is 32.5 Å². The van der Waals surface area contributed by atoms with E-state index in [1.54, 1.807) is 4.90 Å². The molecule has 2 fully saturated rings. The third-order valence-electron chi connectivity index (χ3n) is 3.63. The number of carboxylic acid groups (broad SMARTS) is 1. The van der Waals surface area contributed by atoms with Gasteiger partial charge in [-0.3, -0.25) is 9.59 Å². The van der Waals surface area contributed by atoms with Crippen LogP contribution >= 0.6 is 0 Å². The number of nitrogens with zero attached hydrogens (tertiary/aromatic N) is 2. The highest BCUT2D eigenvalue weighted by Crippen LogP contribution is 2.19. The smallest absolute Gasteiger partial charge is 0.326 e. The topological polar surface area (TPSA) is 77.9 Å². The van der Waals surface area contributed by atoms with Gasteiger partial charge in [-0.2, -0.15) is 0 Å². The van der Waals surface area contributed by atoms with Gasteiger partial charge < -0.3 is 14.9 Å². The van der Waals surface area contributed by atoms with Crippen LogP contribution in [0.1, 0.15) is 32.1 Å². The first-order chi connectivity index (χ1) is 8.59. The van der Waals surface area contributed by atoms with Gasteiger partial charge in [0.2, 0.25) is 11.8 Å². The molecular formula is C12H18N2O4. The lowest BCUT2D eigenvalue weighted by molar-refractivity contribution is -0.148. The summed E-state index contributed by atoms with van der Waals surface area (Å²) in [5.41, 5.74) is 0. The van der Waals surface area contributed by atoms with Gasteiger partial charge in [0.15, 0.2) is 0 Å². The monoisotopic (exact) mass is 254 g/mol. The molecule has 0 aromatic heterocycles. The summed E-state index contributed by atoms with van der Waals surface area (Å²) in [6.45, 7) is 1.65. The Balaban J connectivity index is 1.84. The molecule has 100 valence electrons. The van der Waals surface area contributed by atoms with Crippen molar-refractivity contribution in [3.8, 4) is 0 Å². The molecule has 0 spiro atoms. The highest BCUT2D eigenvalue weighted by Gasteiger charge is 2.34. The predicted molar refractivity (Wildman–Crippen MR) is 62.8 cm³/mol. The summed E-state index contributed by atoms with van der Waals surface area (Å²) in [6.07, 6.45) is 2.93. The summed E-state index contributed by atoms with van der Waals surface area (Å²) < 4.78 is 0. The van der Waals surface area contributed by atoms with Crippen molar-refractivity contribution >= 4 is 17.8 Å². The second-order valence-corrected chi connectivity index (χ2v) is 4.82. The molecule has 2 amide bonds. The first-order valence-corrected chi connectivity index (χ1v) is 6.39. The second-order valence-electron chi connectivity index (χ2n) is 4.82. The van der Waals surface area contributed by atoms with E-state index in [0.717, 1.165) is 12.8 Å². The van der Waals surface area contributed by atoms with Crippen molar-refractivity contribution in [3.05, 3.63) is 0 Å². The maximum Gasteiger partial charge on any atom is 0.326 e. The molecular weight excluding hydrogens is 236 g/mol. The number of likely N-dealkylation sites (tertiary alicyclic amines) is 2. The lowest BCUT2D eigenvalue weighted by Crippen LogP contribution is -2.41. The molecule has 1 N–H and O–H groups in total. The number of amides is 2. The molecule has 0 aromatic rings. The van der Waals surface area contributed by atoms with Crippen LogP contribution in [0.5, 0.6) is 0 Å². The first kappa shape index (κ1) is 12.9. The van der Waals surface area contributed by atoms with Crippen molar-refractivity contribution in [2.45, 2.75) is 38.1 Å². The number of hydrogen-bond acceptors (Lipinski definition) is 3. The Kier molecular flexibility index (Phi) is 3.84. The number of carboxylic acids is 1. The van der Waals surface area contributed by atoms with Crippen LogP contribution in [0, 0.1) is 0 Å². The van der Waals surface area contributed by atoms with Crippen molar-refractivity contribution in [1.29, 1.82) is 0 Å². The van der Waals surface area contributed by atoms with E-state index in [1.807, 2.05) is 0 Å². The minimum atomic E-state index is -0.932. The quantitative estimate of drug-likeness (QED) is 0.770. The normalized spacial score (nSPS) is 23.8. The molecule has 0 unspecified atom stereocenters. The van der Waals surface area contributed by atoms with Crippen LogP contribution in [0.3, 0.4) is 0 Å². The van der Waals surface area contributed by atoms with E-state index in [9.17, 15) is 14.4 Å². The Morgan fingerprint density at radius 1 is 1.28 bits per heavy atom. The average Bonchev–Trinajstić information content (AvgIpc) is 2.94. The molecule has 6 nitrogen and oxygen atoms in total. The second kappa shape index (κ2) is 5.37. The van der Waals surface area contributed by atoms with Crippen LogP contribution in [-0.2, 0) is 14.4 Å². The van der Waals surface area contributed by atoms with Gasteiger partial charge in [0.1, 0.15) is 6.04 Å². The molecule has 2 rings (SSSR count). The summed E-state index contributed by atoms with van der Waals surface area (Å²) in [5, 5.41) is 9.00. The number of aliphatic carboxylic acids is 1. The zero-order chi connectivity index (χ0) is 13.1. The van der Waals surface area contributed by atoms with E-state index in [1.165, 1.54) is 4.90 Å². The van der Waals surface area contributed by atoms with Crippen molar-refractivity contribution in [3.63, 3.8) is 0 Å². The van der Waals surface area contributed by atoms with Crippen LogP contribution in [0.2, 0.25) is 0 Å². The lowest BCUT2D eigenvalue weighted by Gasteiger charge is -2.23. The largest absolute Gasteiger partial charge is 0.480 e. The minimum absolute atomic E-state index is 0.0963. The average molecular weight is 254 g/mol. The number of rotatable bonds is 4. The Bertz CT molecular complexity index is 369. The van der Waals surface area contributed by atoms with Crippen LogP contribution < -0.4 is 0 Å². The molecule has 1 atom stereocenters. The molecule has 0 saturated carbocycles. The van der Waals surface area contributed by atoms with E-state index < -0.39 is 12.0 Å². The fourth-order valence-corrected chi connectivity index (χ4v) is 2.64. The van der Waals surface area contributed by atoms with Crippen molar-refractivity contribution in [2.24, 2.45) is 0 Å². The fourth-order valence-electron chi connectivity index (χ4n) is 2.64. The SMILES string of the molecule is O=C(O)[C@H]1CCCN1C(=O)CCN1CCCC1=O. The Hall–Kier alpha value is -1.59. The number of carbonyl (C=O) groups excluding carboxylic acids is 2. The van der Waals surface area contributed by atoms with Gasteiger partial charge in [-0.15, -0.1) is 0 Å². The maximum atomic E-state index is 11.9. The first-order valence-electron chi connectivity index (χ1n) is 6.39. The molecule has 2 saturated heterocycles. The van der Waals surface area contributed by atoms with E-state index in [2.05, 4.69) is 0 Å². The Labute approximate surface area is 106 Å². The molecule has 0 bridgehead atoms. The van der Waals surface area contributed by atoms with Gasteiger partial charge in [0.25, 0.3) is 0 Å². The molecule has 18 heavy (non-hydrogen) atoms. The maximum absolute atomic E-state index is 11.9. The number of carbonyl (C=O) groups is 3. The van der Waals surface area contributed by atoms with Gasteiger partial charge in [-0.25, -0.2) is 4.79 Å². The van der Waals surface area contributed by atoms with Crippen molar-refractivity contribution in [1.82, 2.24) is 9.80 Å². The molecule has 6 heteroatoms. The summed E-state index contributed by atoms with van der Waals surface area (Å²) in [7, 11) is 0. The van der Waals surface area contributed by atoms with Gasteiger partial charge in [0, 0.05) is 32.5 Å². The molecule has 2 aliphatic rings. The van der Waals surface area contributed by atoms with Crippen molar-refractivity contribution in [2.75, 3.05) is 19.6 Å². The molecule has 0 radical (unpaired) electrons. The summed E-state index contributed by atoms with van der Waals surface area (Å²) in [6, 6.07) is -0.674. The van der Waals surface area contributed by atoms with E-state index >= 15 is 0 Å². The highest BCUT2D eigenvalue weighted by atomic mass is 16.4. The standard InChI is InChI=1S/C12H18N2O4/c15-10-4-2-6-13(10)8-5-11(16)14-7-1-3-9(14)12(17)18/h9H,1-8H2,(H,17,18)/t9-/m1/s1. The Morgan fingerprint density at radius 3 is 2.67 bits per heavy atom. The van der Waals surface area contributed by atoms with Gasteiger partial charge in [0.05, 0.1) is 0 Å². The highest BCUT2D eigenvalue weighted by molar-refractivity contribution is 5.85. The van der Waals surface area contributed by atoms with Crippen LogP contribution in [-0.4, -0.2) is 58.4 Å². The molecule has 0 aromatic carbocycles. The van der Waals surface area contributed by atoms with E-state index in [-0.39, 0.29) is 18.2 Å². The fraction of sp³-hybridized carbons (Fsp3) is 0.750. The van der Waals surface area contributed by atoms with Gasteiger partial charge >= 0.3 is 5.97 Å². The predicted octanol–water partition coefficient (Wildman–Crippen LogP) is 0.0745. The minimum Gasteiger partial charge on any atom is -0.480 e. The Morgan fingerprint density at radius 2 is 2.06 bits per heavy atom. The summed E-state index contributed by atoms with van der Waals surface area (Å²) in [5.74, 6) is -0.989. The van der Waals surface area contributed by atoms with Gasteiger partial charge in [-0.05, 0) is 19.3 Å². The third-order valence-corrected chi connectivity index (χ3v) is 3.63. The zero-order valence-electron chi connectivity index (χ0n) is 10.3. The van der Waals surface area contributed by atoms with Crippen LogP contribution in [0.4, 0.5) is 0 Å². The van der Waals surface area contributed by atoms with Crippen LogP contribution in [0.15, 0.2) is 0 Å². The molecule has 2 aliphatic heterocycles. The van der Waals surface area contributed by atoms with Gasteiger partial charge in [-0.1, -0.05) is 0 Å². The van der Waals surface area contributed by atoms with Crippen LogP contribution in [0.25, 0.3) is 0 Å². The molecule has 0 aliphatic carbocycles. The zero-order valence-corrected chi connectivity index (χ0v) is 10.3. The summed E-state index contributed by atoms with van der Waals surface area (Å²) in [4.78, 5) is 37.4. The number of hydrogen-bond donors (Lipinski definition) is 1. The van der Waals surface area contributed by atoms with Crippen molar-refractivity contribution < 1.29 is 19.5 Å². The lowest BCUT2D eigenvalue weighted by atomic mass is 10.2.